The third kappa shape index (κ3) is 5.56. The summed E-state index contributed by atoms with van der Waals surface area (Å²) >= 11 is 0. The van der Waals surface area contributed by atoms with E-state index in [1.807, 2.05) is 32.0 Å². The Morgan fingerprint density at radius 3 is 2.76 bits per heavy atom. The van der Waals surface area contributed by atoms with Crippen LogP contribution in [0.25, 0.3) is 0 Å². The van der Waals surface area contributed by atoms with Gasteiger partial charge in [-0.3, -0.25) is 14.5 Å². The molecule has 2 rings (SSSR count). The molecule has 0 bridgehead atoms. The molecule has 1 aromatic carbocycles. The number of amides is 2. The monoisotopic (exact) mass is 345 g/mol. The number of anilines is 1. The van der Waals surface area contributed by atoms with E-state index < -0.39 is 0 Å². The van der Waals surface area contributed by atoms with Crippen molar-refractivity contribution in [1.29, 1.82) is 0 Å². The Balaban J connectivity index is 1.87. The standard InChI is InChI=1S/C20H31N3O2/c1-5-17-8-6-7-11-23(17)14-20(25)22(4)13-19(24)21-18-12-15(2)9-10-16(18)3/h9-10,12,17H,5-8,11,13-14H2,1-4H3,(H,21,24). The molecule has 1 heterocycles. The largest absolute Gasteiger partial charge is 0.335 e. The van der Waals surface area contributed by atoms with Crippen molar-refractivity contribution in [1.82, 2.24) is 9.80 Å². The van der Waals surface area contributed by atoms with Gasteiger partial charge in [0, 0.05) is 18.8 Å². The van der Waals surface area contributed by atoms with Gasteiger partial charge in [0.15, 0.2) is 0 Å². The molecule has 1 unspecified atom stereocenters. The predicted octanol–water partition coefficient (Wildman–Crippen LogP) is 2.96. The average Bonchev–Trinajstić information content (AvgIpc) is 2.58. The van der Waals surface area contributed by atoms with Crippen LogP contribution in [0.1, 0.15) is 43.7 Å². The van der Waals surface area contributed by atoms with E-state index in [9.17, 15) is 9.59 Å². The second-order valence-corrected chi connectivity index (χ2v) is 7.14. The zero-order valence-electron chi connectivity index (χ0n) is 16.0. The molecule has 1 fully saturated rings. The van der Waals surface area contributed by atoms with Crippen LogP contribution >= 0.6 is 0 Å². The van der Waals surface area contributed by atoms with Crippen LogP contribution in [0.3, 0.4) is 0 Å². The Morgan fingerprint density at radius 2 is 2.04 bits per heavy atom. The molecule has 2 amide bonds. The van der Waals surface area contributed by atoms with Crippen LogP contribution in [0.5, 0.6) is 0 Å². The van der Waals surface area contributed by atoms with Gasteiger partial charge in [0.2, 0.25) is 11.8 Å². The molecule has 138 valence electrons. The Morgan fingerprint density at radius 1 is 1.28 bits per heavy atom. The lowest BCUT2D eigenvalue weighted by atomic mass is 10.00. The molecule has 0 spiro atoms. The number of likely N-dealkylation sites (N-methyl/N-ethyl adjacent to an activating group) is 1. The van der Waals surface area contributed by atoms with Crippen molar-refractivity contribution in [2.24, 2.45) is 0 Å². The van der Waals surface area contributed by atoms with E-state index in [1.165, 1.54) is 17.7 Å². The highest BCUT2D eigenvalue weighted by Crippen LogP contribution is 2.19. The summed E-state index contributed by atoms with van der Waals surface area (Å²) in [5.74, 6) is -0.147. The molecular formula is C20H31N3O2. The highest BCUT2D eigenvalue weighted by Gasteiger charge is 2.24. The van der Waals surface area contributed by atoms with E-state index in [1.54, 1.807) is 7.05 Å². The molecule has 1 saturated heterocycles. The molecule has 1 aliphatic rings. The van der Waals surface area contributed by atoms with Crippen molar-refractivity contribution in [3.63, 3.8) is 0 Å². The first kappa shape index (κ1) is 19.4. The van der Waals surface area contributed by atoms with Gasteiger partial charge in [0.05, 0.1) is 13.1 Å². The van der Waals surface area contributed by atoms with E-state index >= 15 is 0 Å². The van der Waals surface area contributed by atoms with Crippen molar-refractivity contribution in [3.05, 3.63) is 29.3 Å². The van der Waals surface area contributed by atoms with Gasteiger partial charge >= 0.3 is 0 Å². The van der Waals surface area contributed by atoms with E-state index in [2.05, 4.69) is 17.1 Å². The van der Waals surface area contributed by atoms with Crippen LogP contribution in [-0.2, 0) is 9.59 Å². The van der Waals surface area contributed by atoms with E-state index in [-0.39, 0.29) is 18.4 Å². The molecule has 0 aromatic heterocycles. The minimum absolute atomic E-state index is 0.0106. The number of nitrogens with zero attached hydrogens (tertiary/aromatic N) is 2. The molecular weight excluding hydrogens is 314 g/mol. The summed E-state index contributed by atoms with van der Waals surface area (Å²) < 4.78 is 0. The van der Waals surface area contributed by atoms with Gasteiger partial charge < -0.3 is 10.2 Å². The normalized spacial score (nSPS) is 18.0. The van der Waals surface area contributed by atoms with Crippen molar-refractivity contribution in [2.75, 3.05) is 32.0 Å². The molecule has 25 heavy (non-hydrogen) atoms. The van der Waals surface area contributed by atoms with E-state index in [4.69, 9.17) is 0 Å². The minimum atomic E-state index is -0.157. The third-order valence-electron chi connectivity index (χ3n) is 5.03. The number of benzene rings is 1. The third-order valence-corrected chi connectivity index (χ3v) is 5.03. The lowest BCUT2D eigenvalue weighted by molar-refractivity contribution is -0.135. The predicted molar refractivity (Wildman–Crippen MR) is 102 cm³/mol. The molecule has 1 aliphatic heterocycles. The van der Waals surface area contributed by atoms with Gasteiger partial charge in [-0.05, 0) is 56.8 Å². The number of hydrogen-bond donors (Lipinski definition) is 1. The fourth-order valence-electron chi connectivity index (χ4n) is 3.39. The quantitative estimate of drug-likeness (QED) is 0.862. The topological polar surface area (TPSA) is 52.7 Å². The van der Waals surface area contributed by atoms with Crippen molar-refractivity contribution < 1.29 is 9.59 Å². The fourth-order valence-corrected chi connectivity index (χ4v) is 3.39. The second kappa shape index (κ2) is 8.99. The Kier molecular flexibility index (Phi) is 7.00. The number of carbonyl (C=O) groups is 2. The fraction of sp³-hybridized carbons (Fsp3) is 0.600. The number of nitrogens with one attached hydrogen (secondary N) is 1. The number of carbonyl (C=O) groups excluding carboxylic acids is 2. The van der Waals surface area contributed by atoms with Crippen molar-refractivity contribution in [3.8, 4) is 0 Å². The number of likely N-dealkylation sites (tertiary alicyclic amines) is 1. The maximum Gasteiger partial charge on any atom is 0.243 e. The van der Waals surface area contributed by atoms with Gasteiger partial charge in [-0.25, -0.2) is 0 Å². The molecule has 1 aromatic rings. The zero-order chi connectivity index (χ0) is 18.4. The lowest BCUT2D eigenvalue weighted by Gasteiger charge is -2.35. The number of rotatable bonds is 6. The van der Waals surface area contributed by atoms with E-state index in [0.717, 1.165) is 36.2 Å². The Bertz CT molecular complexity index is 615. The summed E-state index contributed by atoms with van der Waals surface area (Å²) in [7, 11) is 1.70. The highest BCUT2D eigenvalue weighted by molar-refractivity contribution is 5.95. The van der Waals surface area contributed by atoms with Crippen LogP contribution in [-0.4, -0.2) is 54.3 Å². The van der Waals surface area contributed by atoms with Crippen LogP contribution < -0.4 is 5.32 Å². The minimum Gasteiger partial charge on any atom is -0.335 e. The number of aryl methyl sites for hydroxylation is 2. The van der Waals surface area contributed by atoms with Gasteiger partial charge in [-0.2, -0.15) is 0 Å². The van der Waals surface area contributed by atoms with Crippen molar-refractivity contribution >= 4 is 17.5 Å². The molecule has 0 saturated carbocycles. The highest BCUT2D eigenvalue weighted by atomic mass is 16.2. The molecule has 1 N–H and O–H groups in total. The van der Waals surface area contributed by atoms with Gasteiger partial charge in [0.25, 0.3) is 0 Å². The first-order valence-corrected chi connectivity index (χ1v) is 9.25. The van der Waals surface area contributed by atoms with Gasteiger partial charge in [-0.15, -0.1) is 0 Å². The second-order valence-electron chi connectivity index (χ2n) is 7.14. The molecule has 1 atom stereocenters. The first-order chi connectivity index (χ1) is 11.9. The first-order valence-electron chi connectivity index (χ1n) is 9.25. The Labute approximate surface area is 151 Å². The summed E-state index contributed by atoms with van der Waals surface area (Å²) in [6, 6.07) is 6.45. The molecule has 5 nitrogen and oxygen atoms in total. The maximum absolute atomic E-state index is 12.5. The van der Waals surface area contributed by atoms with Gasteiger partial charge in [0.1, 0.15) is 0 Å². The Hall–Kier alpha value is -1.88. The molecule has 0 aliphatic carbocycles. The van der Waals surface area contributed by atoms with Crippen LogP contribution in [0.15, 0.2) is 18.2 Å². The number of hydrogen-bond acceptors (Lipinski definition) is 3. The van der Waals surface area contributed by atoms with Crippen LogP contribution in [0, 0.1) is 13.8 Å². The average molecular weight is 345 g/mol. The molecule has 5 heteroatoms. The summed E-state index contributed by atoms with van der Waals surface area (Å²) in [6.45, 7) is 7.60. The van der Waals surface area contributed by atoms with E-state index in [0.29, 0.717) is 12.6 Å². The smallest absolute Gasteiger partial charge is 0.243 e. The molecule has 0 radical (unpaired) electrons. The summed E-state index contributed by atoms with van der Waals surface area (Å²) in [5, 5.41) is 2.91. The summed E-state index contributed by atoms with van der Waals surface area (Å²) in [6.07, 6.45) is 4.64. The lowest BCUT2D eigenvalue weighted by Crippen LogP contribution is -2.47. The maximum atomic E-state index is 12.5. The zero-order valence-corrected chi connectivity index (χ0v) is 16.0. The van der Waals surface area contributed by atoms with Crippen molar-refractivity contribution in [2.45, 2.75) is 52.5 Å². The number of piperidine rings is 1. The van der Waals surface area contributed by atoms with Crippen LogP contribution in [0.4, 0.5) is 5.69 Å². The van der Waals surface area contributed by atoms with Gasteiger partial charge in [-0.1, -0.05) is 25.5 Å². The van der Waals surface area contributed by atoms with Crippen LogP contribution in [0.2, 0.25) is 0 Å². The summed E-state index contributed by atoms with van der Waals surface area (Å²) in [4.78, 5) is 28.6. The SMILES string of the molecule is CCC1CCCCN1CC(=O)N(C)CC(=O)Nc1cc(C)ccc1C. The summed E-state index contributed by atoms with van der Waals surface area (Å²) in [5.41, 5.74) is 2.93.